The van der Waals surface area contributed by atoms with Gasteiger partial charge in [-0.3, -0.25) is 14.5 Å². The van der Waals surface area contributed by atoms with Crippen molar-refractivity contribution >= 4 is 17.5 Å². The molecule has 1 aliphatic rings. The van der Waals surface area contributed by atoms with Crippen molar-refractivity contribution < 1.29 is 9.53 Å². The Morgan fingerprint density at radius 3 is 2.81 bits per heavy atom. The minimum absolute atomic E-state index is 0.00108. The van der Waals surface area contributed by atoms with Crippen LogP contribution in [0.3, 0.4) is 0 Å². The predicted molar refractivity (Wildman–Crippen MR) is 80.8 cm³/mol. The quantitative estimate of drug-likeness (QED) is 0.865. The molecule has 2 atom stereocenters. The lowest BCUT2D eigenvalue weighted by Gasteiger charge is -2.20. The molecule has 0 aliphatic carbocycles. The number of nitrogens with zero attached hydrogens (tertiary/aromatic N) is 1. The van der Waals surface area contributed by atoms with Gasteiger partial charge in [0.15, 0.2) is 0 Å². The number of rotatable bonds is 4. The number of halogens is 1. The van der Waals surface area contributed by atoms with Crippen molar-refractivity contribution in [3.63, 3.8) is 0 Å². The van der Waals surface area contributed by atoms with Crippen molar-refractivity contribution in [2.24, 2.45) is 0 Å². The number of methoxy groups -OCH3 is 1. The lowest BCUT2D eigenvalue weighted by Crippen LogP contribution is -2.43. The van der Waals surface area contributed by atoms with Crippen LogP contribution < -0.4 is 10.9 Å². The van der Waals surface area contributed by atoms with Crippen LogP contribution in [0, 0.1) is 0 Å². The Labute approximate surface area is 128 Å². The van der Waals surface area contributed by atoms with Gasteiger partial charge >= 0.3 is 0 Å². The van der Waals surface area contributed by atoms with Crippen LogP contribution in [0.1, 0.15) is 24.2 Å². The van der Waals surface area contributed by atoms with E-state index in [1.165, 1.54) is 12.3 Å². The number of ether oxygens (including phenoxy) is 1. The summed E-state index contributed by atoms with van der Waals surface area (Å²) in [7, 11) is 1.64. The van der Waals surface area contributed by atoms with Gasteiger partial charge in [0.25, 0.3) is 11.5 Å². The Morgan fingerprint density at radius 1 is 1.52 bits per heavy atom. The van der Waals surface area contributed by atoms with E-state index < -0.39 is 5.56 Å². The molecular formula is C14H20ClN3O3. The van der Waals surface area contributed by atoms with Gasteiger partial charge in [0.2, 0.25) is 0 Å². The van der Waals surface area contributed by atoms with Crippen LogP contribution in [-0.4, -0.2) is 54.2 Å². The maximum Gasteiger partial charge on any atom is 0.266 e. The first-order valence-electron chi connectivity index (χ1n) is 6.88. The second-order valence-corrected chi connectivity index (χ2v) is 5.87. The Balaban J connectivity index is 2.07. The minimum Gasteiger partial charge on any atom is -0.378 e. The molecule has 1 aromatic rings. The standard InChI is InChI=1S/C14H20ClN3O3/c1-8(2)18-6-11(12(7-18)21-3)17-13(19)9-4-10(15)14(20)16-5-9/h4-5,8,11-12H,6-7H2,1-3H3,(H,16,20)(H,17,19)/t11-,12-/m0/s1. The van der Waals surface area contributed by atoms with E-state index in [9.17, 15) is 9.59 Å². The number of nitrogens with one attached hydrogen (secondary N) is 2. The third kappa shape index (κ3) is 3.64. The summed E-state index contributed by atoms with van der Waals surface area (Å²) in [6, 6.07) is 1.68. The summed E-state index contributed by atoms with van der Waals surface area (Å²) in [5.74, 6) is -0.272. The molecule has 0 saturated carbocycles. The van der Waals surface area contributed by atoms with Gasteiger partial charge in [-0.05, 0) is 19.9 Å². The molecule has 2 rings (SSSR count). The number of carbonyl (C=O) groups is 1. The Kier molecular flexibility index (Phi) is 5.03. The topological polar surface area (TPSA) is 74.4 Å². The summed E-state index contributed by atoms with van der Waals surface area (Å²) in [4.78, 5) is 28.1. The van der Waals surface area contributed by atoms with E-state index in [-0.39, 0.29) is 23.1 Å². The normalized spacial score (nSPS) is 22.7. The molecule has 1 fully saturated rings. The molecule has 6 nitrogen and oxygen atoms in total. The highest BCUT2D eigenvalue weighted by molar-refractivity contribution is 6.30. The zero-order valence-corrected chi connectivity index (χ0v) is 13.1. The van der Waals surface area contributed by atoms with E-state index in [4.69, 9.17) is 16.3 Å². The lowest BCUT2D eigenvalue weighted by atomic mass is 10.2. The van der Waals surface area contributed by atoms with Gasteiger partial charge in [-0.2, -0.15) is 0 Å². The van der Waals surface area contributed by atoms with E-state index in [2.05, 4.69) is 29.0 Å². The predicted octanol–water partition coefficient (Wildman–Crippen LogP) is 0.866. The molecule has 7 heteroatoms. The largest absolute Gasteiger partial charge is 0.378 e. The summed E-state index contributed by atoms with van der Waals surface area (Å²) < 4.78 is 5.44. The van der Waals surface area contributed by atoms with E-state index in [1.807, 2.05) is 0 Å². The Morgan fingerprint density at radius 2 is 2.24 bits per heavy atom. The number of pyridine rings is 1. The second-order valence-electron chi connectivity index (χ2n) is 5.47. The fourth-order valence-electron chi connectivity index (χ4n) is 2.44. The van der Waals surface area contributed by atoms with E-state index >= 15 is 0 Å². The first kappa shape index (κ1) is 16.0. The summed E-state index contributed by atoms with van der Waals surface area (Å²) in [5.41, 5.74) is -0.0766. The lowest BCUT2D eigenvalue weighted by molar-refractivity contribution is 0.0753. The number of carbonyl (C=O) groups excluding carboxylic acids is 1. The number of H-pyrrole nitrogens is 1. The van der Waals surface area contributed by atoms with Crippen molar-refractivity contribution in [1.82, 2.24) is 15.2 Å². The summed E-state index contributed by atoms with van der Waals surface area (Å²) in [6.07, 6.45) is 1.31. The summed E-state index contributed by atoms with van der Waals surface area (Å²) >= 11 is 5.74. The zero-order chi connectivity index (χ0) is 15.6. The van der Waals surface area contributed by atoms with Gasteiger partial charge in [0.05, 0.1) is 17.7 Å². The van der Waals surface area contributed by atoms with Gasteiger partial charge < -0.3 is 15.0 Å². The molecule has 1 amide bonds. The Hall–Kier alpha value is -1.37. The molecule has 116 valence electrons. The summed E-state index contributed by atoms with van der Waals surface area (Å²) in [6.45, 7) is 5.74. The van der Waals surface area contributed by atoms with Gasteiger partial charge in [-0.15, -0.1) is 0 Å². The summed E-state index contributed by atoms with van der Waals surface area (Å²) in [5, 5.41) is 2.94. The van der Waals surface area contributed by atoms with Gasteiger partial charge in [0, 0.05) is 32.4 Å². The van der Waals surface area contributed by atoms with E-state index in [0.29, 0.717) is 11.6 Å². The van der Waals surface area contributed by atoms with Crippen LogP contribution in [0.15, 0.2) is 17.1 Å². The van der Waals surface area contributed by atoms with Crippen molar-refractivity contribution in [1.29, 1.82) is 0 Å². The third-order valence-corrected chi connectivity index (χ3v) is 4.04. The first-order valence-corrected chi connectivity index (χ1v) is 7.26. The zero-order valence-electron chi connectivity index (χ0n) is 12.4. The number of aromatic amines is 1. The second kappa shape index (κ2) is 6.60. The fourth-order valence-corrected chi connectivity index (χ4v) is 2.61. The van der Waals surface area contributed by atoms with Gasteiger partial charge in [-0.25, -0.2) is 0 Å². The molecule has 21 heavy (non-hydrogen) atoms. The van der Waals surface area contributed by atoms with Crippen LogP contribution in [-0.2, 0) is 4.74 Å². The molecule has 0 unspecified atom stereocenters. The average Bonchev–Trinajstić information content (AvgIpc) is 2.85. The number of amides is 1. The molecule has 1 aliphatic heterocycles. The van der Waals surface area contributed by atoms with Crippen LogP contribution in [0.25, 0.3) is 0 Å². The maximum absolute atomic E-state index is 12.2. The number of hydrogen-bond acceptors (Lipinski definition) is 4. The van der Waals surface area contributed by atoms with Gasteiger partial charge in [0.1, 0.15) is 5.02 Å². The molecule has 0 aromatic carbocycles. The van der Waals surface area contributed by atoms with Crippen molar-refractivity contribution in [2.75, 3.05) is 20.2 Å². The van der Waals surface area contributed by atoms with E-state index in [1.54, 1.807) is 7.11 Å². The molecular weight excluding hydrogens is 294 g/mol. The maximum atomic E-state index is 12.2. The number of aromatic nitrogens is 1. The average molecular weight is 314 g/mol. The van der Waals surface area contributed by atoms with Crippen LogP contribution in [0.5, 0.6) is 0 Å². The fraction of sp³-hybridized carbons (Fsp3) is 0.571. The van der Waals surface area contributed by atoms with Crippen LogP contribution >= 0.6 is 11.6 Å². The highest BCUT2D eigenvalue weighted by Gasteiger charge is 2.35. The van der Waals surface area contributed by atoms with Crippen molar-refractivity contribution in [2.45, 2.75) is 32.0 Å². The Bertz CT molecular complexity index is 573. The smallest absolute Gasteiger partial charge is 0.266 e. The third-order valence-electron chi connectivity index (χ3n) is 3.76. The number of hydrogen-bond donors (Lipinski definition) is 2. The van der Waals surface area contributed by atoms with Crippen molar-refractivity contribution in [3.05, 3.63) is 33.2 Å². The van der Waals surface area contributed by atoms with Gasteiger partial charge in [-0.1, -0.05) is 11.6 Å². The van der Waals surface area contributed by atoms with E-state index in [0.717, 1.165) is 13.1 Å². The molecule has 0 bridgehead atoms. The molecule has 2 heterocycles. The molecule has 1 saturated heterocycles. The van der Waals surface area contributed by atoms with Crippen LogP contribution in [0.4, 0.5) is 0 Å². The molecule has 1 aromatic heterocycles. The minimum atomic E-state index is -0.408. The first-order chi connectivity index (χ1) is 9.92. The highest BCUT2D eigenvalue weighted by atomic mass is 35.5. The highest BCUT2D eigenvalue weighted by Crippen LogP contribution is 2.16. The molecule has 0 radical (unpaired) electrons. The SMILES string of the molecule is CO[C@H]1CN(C(C)C)C[C@@H]1NC(=O)c1c[nH]c(=O)c(Cl)c1. The molecule has 2 N–H and O–H groups in total. The molecule has 0 spiro atoms. The van der Waals surface area contributed by atoms with Crippen LogP contribution in [0.2, 0.25) is 5.02 Å². The van der Waals surface area contributed by atoms with Crippen molar-refractivity contribution in [3.8, 4) is 0 Å². The number of likely N-dealkylation sites (tertiary alicyclic amines) is 1. The monoisotopic (exact) mass is 313 g/mol.